The number of nitrogens with zero attached hydrogens (tertiary/aromatic N) is 4. The van der Waals surface area contributed by atoms with Crippen LogP contribution >= 0.6 is 11.6 Å². The highest BCUT2D eigenvalue weighted by atomic mass is 35.5. The zero-order valence-corrected chi connectivity index (χ0v) is 17.5. The van der Waals surface area contributed by atoms with Crippen LogP contribution in [-0.2, 0) is 25.7 Å². The Morgan fingerprint density at radius 2 is 1.77 bits per heavy atom. The first kappa shape index (κ1) is 20.9. The Labute approximate surface area is 180 Å². The molecular formula is C20H25ClN4O5. The summed E-state index contributed by atoms with van der Waals surface area (Å²) in [5.41, 5.74) is 2.32. The van der Waals surface area contributed by atoms with Gasteiger partial charge in [0.05, 0.1) is 19.8 Å². The Hall–Kier alpha value is -2.36. The lowest BCUT2D eigenvalue weighted by atomic mass is 10.1. The van der Waals surface area contributed by atoms with Crippen molar-refractivity contribution >= 4 is 35.1 Å². The molecule has 9 nitrogen and oxygen atoms in total. The molecule has 162 valence electrons. The number of ether oxygens (including phenoxy) is 1. The monoisotopic (exact) mass is 436 g/mol. The number of Topliss-reactive ketones (excluding diaryl/α,β-unsaturated/α-hetero) is 1. The molecule has 4 rings (SSSR count). The summed E-state index contributed by atoms with van der Waals surface area (Å²) in [5, 5.41) is 1.56. The molecular weight excluding hydrogens is 412 g/mol. The van der Waals surface area contributed by atoms with E-state index in [2.05, 4.69) is 15.9 Å². The lowest BCUT2D eigenvalue weighted by molar-refractivity contribution is -0.164. The number of piperazine rings is 1. The summed E-state index contributed by atoms with van der Waals surface area (Å²) in [6.07, 6.45) is -0.500. The topological polar surface area (TPSA) is 82.6 Å². The van der Waals surface area contributed by atoms with Crippen molar-refractivity contribution in [3.8, 4) is 0 Å². The predicted octanol–water partition coefficient (Wildman–Crippen LogP) is 1.15. The van der Waals surface area contributed by atoms with Crippen LogP contribution in [0.25, 0.3) is 0 Å². The van der Waals surface area contributed by atoms with Crippen LogP contribution in [-0.4, -0.2) is 91.7 Å². The Morgan fingerprint density at radius 3 is 2.43 bits per heavy atom. The van der Waals surface area contributed by atoms with Crippen LogP contribution in [0.2, 0.25) is 5.02 Å². The van der Waals surface area contributed by atoms with Gasteiger partial charge in [0.2, 0.25) is 5.78 Å². The molecule has 30 heavy (non-hydrogen) atoms. The Kier molecular flexibility index (Phi) is 6.40. The summed E-state index contributed by atoms with van der Waals surface area (Å²) in [4.78, 5) is 46.5. The smallest absolute Gasteiger partial charge is 0.378 e. The first-order chi connectivity index (χ1) is 14.5. The van der Waals surface area contributed by atoms with Gasteiger partial charge in [-0.3, -0.25) is 14.5 Å². The van der Waals surface area contributed by atoms with E-state index < -0.39 is 17.8 Å². The summed E-state index contributed by atoms with van der Waals surface area (Å²) in [6.45, 7) is 6.33. The molecule has 0 saturated carbocycles. The number of ketones is 1. The minimum atomic E-state index is -0.751. The number of morpholine rings is 1. The van der Waals surface area contributed by atoms with Crippen LogP contribution in [0, 0.1) is 0 Å². The van der Waals surface area contributed by atoms with Gasteiger partial charge in [-0.05, 0) is 23.8 Å². The third-order valence-electron chi connectivity index (χ3n) is 5.61. The van der Waals surface area contributed by atoms with Crippen molar-refractivity contribution in [2.75, 3.05) is 63.9 Å². The fraction of sp³-hybridized carbons (Fsp3) is 0.550. The Bertz CT molecular complexity index is 821. The quantitative estimate of drug-likeness (QED) is 0.655. The highest BCUT2D eigenvalue weighted by Gasteiger charge is 2.34. The molecule has 3 aliphatic heterocycles. The third-order valence-corrected chi connectivity index (χ3v) is 5.85. The second-order valence-electron chi connectivity index (χ2n) is 7.57. The van der Waals surface area contributed by atoms with Crippen LogP contribution in [0.3, 0.4) is 0 Å². The standard InChI is InChI=1S/C20H25ClN4O5/c21-16-1-2-17(23-9-11-29-12-10-23)15(13-16)14-22-5-7-24(8-6-22)20(28)30-25-4-3-18(26)19(25)27/h1-2,13H,3-12,14H2. The fourth-order valence-electron chi connectivity index (χ4n) is 3.91. The van der Waals surface area contributed by atoms with Gasteiger partial charge < -0.3 is 19.4 Å². The van der Waals surface area contributed by atoms with Gasteiger partial charge in [0.25, 0.3) is 0 Å². The van der Waals surface area contributed by atoms with Crippen molar-refractivity contribution in [2.24, 2.45) is 0 Å². The van der Waals surface area contributed by atoms with Crippen molar-refractivity contribution in [2.45, 2.75) is 13.0 Å². The van der Waals surface area contributed by atoms with Crippen LogP contribution in [0.5, 0.6) is 0 Å². The maximum atomic E-state index is 12.3. The van der Waals surface area contributed by atoms with Gasteiger partial charge in [-0.25, -0.2) is 4.79 Å². The molecule has 2 amide bonds. The molecule has 10 heteroatoms. The van der Waals surface area contributed by atoms with Crippen molar-refractivity contribution in [3.63, 3.8) is 0 Å². The minimum Gasteiger partial charge on any atom is -0.378 e. The van der Waals surface area contributed by atoms with Crippen molar-refractivity contribution < 1.29 is 24.0 Å². The minimum absolute atomic E-state index is 0.0883. The maximum Gasteiger partial charge on any atom is 0.434 e. The van der Waals surface area contributed by atoms with Gasteiger partial charge >= 0.3 is 12.0 Å². The van der Waals surface area contributed by atoms with Gasteiger partial charge in [-0.1, -0.05) is 11.6 Å². The van der Waals surface area contributed by atoms with E-state index in [-0.39, 0.29) is 13.0 Å². The molecule has 0 N–H and O–H groups in total. The molecule has 0 radical (unpaired) electrons. The number of halogens is 1. The normalized spacial score (nSPS) is 20.8. The molecule has 0 bridgehead atoms. The van der Waals surface area contributed by atoms with Gasteiger partial charge in [-0.15, -0.1) is 0 Å². The van der Waals surface area contributed by atoms with E-state index in [1.54, 1.807) is 4.90 Å². The molecule has 1 aromatic carbocycles. The maximum absolute atomic E-state index is 12.3. The highest BCUT2D eigenvalue weighted by Crippen LogP contribution is 2.27. The SMILES string of the molecule is O=C1CCN(OC(=O)N2CCN(Cc3cc(Cl)ccc3N3CCOCC3)CC2)C1=O. The molecule has 3 fully saturated rings. The summed E-state index contributed by atoms with van der Waals surface area (Å²) in [5.74, 6) is -1.27. The summed E-state index contributed by atoms with van der Waals surface area (Å²) in [6, 6.07) is 5.97. The highest BCUT2D eigenvalue weighted by molar-refractivity contribution is 6.37. The fourth-order valence-corrected chi connectivity index (χ4v) is 4.11. The van der Waals surface area contributed by atoms with Crippen molar-refractivity contribution in [3.05, 3.63) is 28.8 Å². The van der Waals surface area contributed by atoms with Gasteiger partial charge in [0.1, 0.15) is 0 Å². The number of rotatable bonds is 4. The van der Waals surface area contributed by atoms with Crippen LogP contribution in [0.1, 0.15) is 12.0 Å². The molecule has 0 aliphatic carbocycles. The number of carbonyl (C=O) groups is 3. The predicted molar refractivity (Wildman–Crippen MR) is 109 cm³/mol. The van der Waals surface area contributed by atoms with E-state index in [0.717, 1.165) is 30.3 Å². The summed E-state index contributed by atoms with van der Waals surface area (Å²) >= 11 is 6.25. The lowest BCUT2D eigenvalue weighted by Crippen LogP contribution is -2.50. The number of hydrogen-bond donors (Lipinski definition) is 0. The largest absolute Gasteiger partial charge is 0.434 e. The second-order valence-corrected chi connectivity index (χ2v) is 8.01. The number of benzene rings is 1. The van der Waals surface area contributed by atoms with Crippen molar-refractivity contribution in [1.29, 1.82) is 0 Å². The second kappa shape index (κ2) is 9.20. The number of anilines is 1. The number of carbonyl (C=O) groups excluding carboxylic acids is 3. The van der Waals surface area contributed by atoms with E-state index in [4.69, 9.17) is 21.2 Å². The van der Waals surface area contributed by atoms with Gasteiger partial charge in [-0.2, -0.15) is 5.06 Å². The third kappa shape index (κ3) is 4.69. The summed E-state index contributed by atoms with van der Waals surface area (Å²) < 4.78 is 5.46. The number of hydroxylamine groups is 2. The van der Waals surface area contributed by atoms with E-state index in [0.29, 0.717) is 44.4 Å². The Balaban J connectivity index is 1.33. The molecule has 0 aromatic heterocycles. The molecule has 1 aromatic rings. The van der Waals surface area contributed by atoms with Gasteiger partial charge in [0.15, 0.2) is 0 Å². The first-order valence-electron chi connectivity index (χ1n) is 10.2. The molecule has 3 heterocycles. The molecule has 0 spiro atoms. The summed E-state index contributed by atoms with van der Waals surface area (Å²) in [7, 11) is 0. The van der Waals surface area contributed by atoms with E-state index in [1.165, 1.54) is 5.69 Å². The van der Waals surface area contributed by atoms with E-state index >= 15 is 0 Å². The first-order valence-corrected chi connectivity index (χ1v) is 10.5. The van der Waals surface area contributed by atoms with Crippen molar-refractivity contribution in [1.82, 2.24) is 14.9 Å². The average Bonchev–Trinajstić information content (AvgIpc) is 3.07. The molecule has 3 aliphatic rings. The van der Waals surface area contributed by atoms with Crippen LogP contribution < -0.4 is 4.90 Å². The number of amides is 2. The molecule has 0 unspecified atom stereocenters. The van der Waals surface area contributed by atoms with Crippen LogP contribution in [0.15, 0.2) is 18.2 Å². The zero-order valence-electron chi connectivity index (χ0n) is 16.7. The molecule has 0 atom stereocenters. The zero-order chi connectivity index (χ0) is 21.1. The number of hydrogen-bond acceptors (Lipinski definition) is 7. The van der Waals surface area contributed by atoms with E-state index in [9.17, 15) is 14.4 Å². The van der Waals surface area contributed by atoms with Crippen LogP contribution in [0.4, 0.5) is 10.5 Å². The van der Waals surface area contributed by atoms with Gasteiger partial charge in [0, 0.05) is 62.9 Å². The Morgan fingerprint density at radius 1 is 1.03 bits per heavy atom. The average molecular weight is 437 g/mol. The molecule has 3 saturated heterocycles. The van der Waals surface area contributed by atoms with E-state index in [1.807, 2.05) is 12.1 Å². The lowest BCUT2D eigenvalue weighted by Gasteiger charge is -2.36.